The van der Waals surface area contributed by atoms with Crippen molar-refractivity contribution in [3.63, 3.8) is 0 Å². The molecule has 0 radical (unpaired) electrons. The van der Waals surface area contributed by atoms with Crippen molar-refractivity contribution in [2.24, 2.45) is 0 Å². The monoisotopic (exact) mass is 250 g/mol. The zero-order chi connectivity index (χ0) is 13.2. The second-order valence-corrected chi connectivity index (χ2v) is 3.78. The summed E-state index contributed by atoms with van der Waals surface area (Å²) in [5, 5.41) is 5.28. The Balaban J connectivity index is 2.19. The van der Waals surface area contributed by atoms with E-state index in [0.29, 0.717) is 19.7 Å². The lowest BCUT2D eigenvalue weighted by Gasteiger charge is -2.06. The number of ether oxygens (including phenoxy) is 1. The summed E-state index contributed by atoms with van der Waals surface area (Å²) in [7, 11) is 1.55. The van der Waals surface area contributed by atoms with E-state index in [1.165, 1.54) is 0 Å². The summed E-state index contributed by atoms with van der Waals surface area (Å²) < 4.78 is 4.79. The molecular weight excluding hydrogens is 232 g/mol. The maximum absolute atomic E-state index is 11.5. The number of hydrogen-bond acceptors (Lipinski definition) is 3. The molecule has 5 heteroatoms. The fraction of sp³-hybridized carbons (Fsp3) is 0.385. The van der Waals surface area contributed by atoms with E-state index in [9.17, 15) is 9.59 Å². The molecule has 1 rings (SSSR count). The summed E-state index contributed by atoms with van der Waals surface area (Å²) in [6.45, 7) is 1.30. The van der Waals surface area contributed by atoms with E-state index in [1.807, 2.05) is 30.3 Å². The van der Waals surface area contributed by atoms with Gasteiger partial charge in [0.2, 0.25) is 11.8 Å². The topological polar surface area (TPSA) is 67.4 Å². The molecule has 98 valence electrons. The van der Waals surface area contributed by atoms with Gasteiger partial charge in [-0.05, 0) is 5.56 Å². The van der Waals surface area contributed by atoms with Crippen molar-refractivity contribution in [1.29, 1.82) is 0 Å². The molecule has 2 N–H and O–H groups in total. The molecule has 0 aliphatic carbocycles. The molecule has 1 aromatic carbocycles. The Morgan fingerprint density at radius 3 is 2.44 bits per heavy atom. The van der Waals surface area contributed by atoms with Gasteiger partial charge >= 0.3 is 0 Å². The highest BCUT2D eigenvalue weighted by atomic mass is 16.5. The molecular formula is C13H18N2O3. The average Bonchev–Trinajstić information content (AvgIpc) is 2.38. The molecule has 18 heavy (non-hydrogen) atoms. The van der Waals surface area contributed by atoms with Crippen molar-refractivity contribution in [3.05, 3.63) is 35.9 Å². The highest BCUT2D eigenvalue weighted by Gasteiger charge is 2.08. The fourth-order valence-electron chi connectivity index (χ4n) is 1.36. The quantitative estimate of drug-likeness (QED) is 0.545. The fourth-order valence-corrected chi connectivity index (χ4v) is 1.36. The van der Waals surface area contributed by atoms with Gasteiger partial charge in [-0.25, -0.2) is 0 Å². The third-order valence-corrected chi connectivity index (χ3v) is 2.28. The van der Waals surface area contributed by atoms with Gasteiger partial charge in [-0.15, -0.1) is 0 Å². The average molecular weight is 250 g/mol. The molecule has 0 saturated heterocycles. The number of amides is 2. The van der Waals surface area contributed by atoms with Crippen LogP contribution in [-0.4, -0.2) is 32.1 Å². The normalized spacial score (nSPS) is 9.83. The van der Waals surface area contributed by atoms with E-state index in [0.717, 1.165) is 5.56 Å². The van der Waals surface area contributed by atoms with E-state index in [4.69, 9.17) is 4.74 Å². The number of hydrogen-bond donors (Lipinski definition) is 2. The molecule has 0 spiro atoms. The van der Waals surface area contributed by atoms with Crippen LogP contribution in [0.2, 0.25) is 0 Å². The molecule has 2 amide bonds. The van der Waals surface area contributed by atoms with Gasteiger partial charge in [-0.1, -0.05) is 30.3 Å². The van der Waals surface area contributed by atoms with Crippen LogP contribution >= 0.6 is 0 Å². The lowest BCUT2D eigenvalue weighted by Crippen LogP contribution is -2.33. The van der Waals surface area contributed by atoms with Gasteiger partial charge in [0, 0.05) is 20.2 Å². The number of rotatable bonds is 7. The minimum atomic E-state index is -0.294. The van der Waals surface area contributed by atoms with Crippen LogP contribution in [-0.2, 0) is 20.9 Å². The van der Waals surface area contributed by atoms with Crippen LogP contribution in [0.3, 0.4) is 0 Å². The summed E-state index contributed by atoms with van der Waals surface area (Å²) in [5.41, 5.74) is 1.01. The van der Waals surface area contributed by atoms with Crippen molar-refractivity contribution in [1.82, 2.24) is 10.6 Å². The predicted molar refractivity (Wildman–Crippen MR) is 67.8 cm³/mol. The highest BCUT2D eigenvalue weighted by molar-refractivity contribution is 5.96. The van der Waals surface area contributed by atoms with Gasteiger partial charge in [-0.2, -0.15) is 0 Å². The molecule has 0 heterocycles. The van der Waals surface area contributed by atoms with Crippen LogP contribution in [0.25, 0.3) is 0 Å². The summed E-state index contributed by atoms with van der Waals surface area (Å²) in [6.07, 6.45) is -0.156. The number of benzene rings is 1. The molecule has 0 aliphatic heterocycles. The molecule has 0 aromatic heterocycles. The number of carbonyl (C=O) groups is 2. The van der Waals surface area contributed by atoms with E-state index < -0.39 is 0 Å². The van der Waals surface area contributed by atoms with E-state index in [2.05, 4.69) is 10.6 Å². The molecule has 0 unspecified atom stereocenters. The first-order chi connectivity index (χ1) is 8.72. The number of nitrogens with one attached hydrogen (secondary N) is 2. The predicted octanol–water partition coefficient (Wildman–Crippen LogP) is 0.456. The SMILES string of the molecule is COCCNC(=O)CC(=O)NCc1ccccc1. The second kappa shape index (κ2) is 8.25. The number of carbonyl (C=O) groups excluding carboxylic acids is 2. The van der Waals surface area contributed by atoms with Gasteiger partial charge in [0.15, 0.2) is 0 Å². The maximum atomic E-state index is 11.5. The van der Waals surface area contributed by atoms with Crippen molar-refractivity contribution < 1.29 is 14.3 Å². The third-order valence-electron chi connectivity index (χ3n) is 2.28. The van der Waals surface area contributed by atoms with Crippen LogP contribution in [0.5, 0.6) is 0 Å². The molecule has 0 saturated carbocycles. The Bertz CT molecular complexity index is 379. The third kappa shape index (κ3) is 6.00. The molecule has 0 bridgehead atoms. The minimum Gasteiger partial charge on any atom is -0.383 e. The van der Waals surface area contributed by atoms with Crippen LogP contribution in [0.4, 0.5) is 0 Å². The Kier molecular flexibility index (Phi) is 6.50. The van der Waals surface area contributed by atoms with E-state index in [-0.39, 0.29) is 18.2 Å². The first-order valence-electron chi connectivity index (χ1n) is 5.78. The second-order valence-electron chi connectivity index (χ2n) is 3.78. The first-order valence-corrected chi connectivity index (χ1v) is 5.78. The number of methoxy groups -OCH3 is 1. The van der Waals surface area contributed by atoms with Crippen LogP contribution in [0.15, 0.2) is 30.3 Å². The molecule has 5 nitrogen and oxygen atoms in total. The Labute approximate surface area is 107 Å². The smallest absolute Gasteiger partial charge is 0.229 e. The van der Waals surface area contributed by atoms with Gasteiger partial charge in [-0.3, -0.25) is 9.59 Å². The molecule has 1 aromatic rings. The van der Waals surface area contributed by atoms with Crippen molar-refractivity contribution in [3.8, 4) is 0 Å². The van der Waals surface area contributed by atoms with Crippen molar-refractivity contribution in [2.45, 2.75) is 13.0 Å². The lowest BCUT2D eigenvalue weighted by molar-refractivity contribution is -0.129. The van der Waals surface area contributed by atoms with Crippen LogP contribution < -0.4 is 10.6 Å². The minimum absolute atomic E-state index is 0.156. The zero-order valence-electron chi connectivity index (χ0n) is 10.4. The first kappa shape index (κ1) is 14.2. The van der Waals surface area contributed by atoms with Gasteiger partial charge in [0.05, 0.1) is 6.61 Å². The van der Waals surface area contributed by atoms with Crippen LogP contribution in [0, 0.1) is 0 Å². The largest absolute Gasteiger partial charge is 0.383 e. The van der Waals surface area contributed by atoms with E-state index >= 15 is 0 Å². The summed E-state index contributed by atoms with van der Waals surface area (Å²) in [5.74, 6) is -0.577. The highest BCUT2D eigenvalue weighted by Crippen LogP contribution is 1.97. The lowest BCUT2D eigenvalue weighted by atomic mass is 10.2. The zero-order valence-corrected chi connectivity index (χ0v) is 10.4. The molecule has 0 aliphatic rings. The Morgan fingerprint density at radius 2 is 1.78 bits per heavy atom. The van der Waals surface area contributed by atoms with Gasteiger partial charge in [0.1, 0.15) is 6.42 Å². The van der Waals surface area contributed by atoms with Gasteiger partial charge in [0.25, 0.3) is 0 Å². The Hall–Kier alpha value is -1.88. The van der Waals surface area contributed by atoms with E-state index in [1.54, 1.807) is 7.11 Å². The van der Waals surface area contributed by atoms with Crippen molar-refractivity contribution in [2.75, 3.05) is 20.3 Å². The maximum Gasteiger partial charge on any atom is 0.229 e. The van der Waals surface area contributed by atoms with Crippen LogP contribution in [0.1, 0.15) is 12.0 Å². The molecule has 0 atom stereocenters. The molecule has 0 fully saturated rings. The standard InChI is InChI=1S/C13H18N2O3/c1-18-8-7-14-12(16)9-13(17)15-10-11-5-3-2-4-6-11/h2-6H,7-10H2,1H3,(H,14,16)(H,15,17). The summed E-state index contributed by atoms with van der Waals surface area (Å²) in [4.78, 5) is 22.8. The van der Waals surface area contributed by atoms with Gasteiger partial charge < -0.3 is 15.4 Å². The van der Waals surface area contributed by atoms with Crippen molar-refractivity contribution >= 4 is 11.8 Å². The summed E-state index contributed by atoms with van der Waals surface area (Å²) >= 11 is 0. The summed E-state index contributed by atoms with van der Waals surface area (Å²) in [6, 6.07) is 9.55. The Morgan fingerprint density at radius 1 is 1.11 bits per heavy atom.